The zero-order chi connectivity index (χ0) is 20.1. The SMILES string of the molecule is CCNC(=O)CCc1c(C)nn(-c2cccc(C)c2)c1Oc1ccc(C)cc1. The second kappa shape index (κ2) is 8.74. The lowest BCUT2D eigenvalue weighted by molar-refractivity contribution is -0.120. The van der Waals surface area contributed by atoms with Gasteiger partial charge in [0.15, 0.2) is 0 Å². The topological polar surface area (TPSA) is 56.2 Å². The minimum absolute atomic E-state index is 0.0338. The largest absolute Gasteiger partial charge is 0.439 e. The number of nitrogens with zero attached hydrogens (tertiary/aromatic N) is 2. The summed E-state index contributed by atoms with van der Waals surface area (Å²) in [5.41, 5.74) is 5.08. The Morgan fingerprint density at radius 3 is 2.50 bits per heavy atom. The lowest BCUT2D eigenvalue weighted by atomic mass is 10.1. The Hall–Kier alpha value is -3.08. The summed E-state index contributed by atoms with van der Waals surface area (Å²) in [6, 6.07) is 16.1. The van der Waals surface area contributed by atoms with E-state index in [0.29, 0.717) is 25.3 Å². The van der Waals surface area contributed by atoms with E-state index in [1.165, 1.54) is 5.56 Å². The first kappa shape index (κ1) is 19.7. The number of aryl methyl sites for hydroxylation is 3. The van der Waals surface area contributed by atoms with Crippen molar-refractivity contribution in [3.8, 4) is 17.3 Å². The second-order valence-corrected chi connectivity index (χ2v) is 6.99. The van der Waals surface area contributed by atoms with E-state index < -0.39 is 0 Å². The van der Waals surface area contributed by atoms with E-state index in [1.54, 1.807) is 0 Å². The summed E-state index contributed by atoms with van der Waals surface area (Å²) >= 11 is 0. The molecule has 0 radical (unpaired) electrons. The second-order valence-electron chi connectivity index (χ2n) is 6.99. The minimum atomic E-state index is 0.0338. The molecular weight excluding hydrogens is 350 g/mol. The number of carbonyl (C=O) groups is 1. The third-order valence-corrected chi connectivity index (χ3v) is 4.60. The molecule has 1 aromatic heterocycles. The normalized spacial score (nSPS) is 10.7. The molecule has 0 bridgehead atoms. The minimum Gasteiger partial charge on any atom is -0.439 e. The highest BCUT2D eigenvalue weighted by Crippen LogP contribution is 2.31. The maximum Gasteiger partial charge on any atom is 0.226 e. The molecule has 3 rings (SSSR count). The molecule has 28 heavy (non-hydrogen) atoms. The highest BCUT2D eigenvalue weighted by Gasteiger charge is 2.20. The number of carbonyl (C=O) groups excluding carboxylic acids is 1. The molecule has 5 nitrogen and oxygen atoms in total. The molecule has 0 spiro atoms. The van der Waals surface area contributed by atoms with E-state index in [2.05, 4.69) is 24.4 Å². The Morgan fingerprint density at radius 1 is 1.07 bits per heavy atom. The van der Waals surface area contributed by atoms with Crippen molar-refractivity contribution in [2.45, 2.75) is 40.5 Å². The first-order valence-electron chi connectivity index (χ1n) is 9.64. The number of rotatable bonds is 7. The zero-order valence-electron chi connectivity index (χ0n) is 17.0. The fraction of sp³-hybridized carbons (Fsp3) is 0.304. The number of benzene rings is 2. The van der Waals surface area contributed by atoms with Crippen LogP contribution in [0.5, 0.6) is 11.6 Å². The third kappa shape index (κ3) is 4.60. The molecule has 0 aliphatic heterocycles. The summed E-state index contributed by atoms with van der Waals surface area (Å²) in [4.78, 5) is 12.0. The predicted molar refractivity (Wildman–Crippen MR) is 111 cm³/mol. The fourth-order valence-electron chi connectivity index (χ4n) is 3.11. The van der Waals surface area contributed by atoms with Crippen molar-refractivity contribution in [3.05, 3.63) is 70.9 Å². The Kier molecular flexibility index (Phi) is 6.14. The van der Waals surface area contributed by atoms with Crippen molar-refractivity contribution in [3.63, 3.8) is 0 Å². The van der Waals surface area contributed by atoms with Crippen molar-refractivity contribution < 1.29 is 9.53 Å². The number of hydrogen-bond donors (Lipinski definition) is 1. The lowest BCUT2D eigenvalue weighted by Gasteiger charge is -2.12. The quantitative estimate of drug-likeness (QED) is 0.652. The summed E-state index contributed by atoms with van der Waals surface area (Å²) in [6.45, 7) is 8.61. The average Bonchev–Trinajstić information content (AvgIpc) is 2.97. The molecular formula is C23H27N3O2. The van der Waals surface area contributed by atoms with Gasteiger partial charge in [-0.1, -0.05) is 29.8 Å². The summed E-state index contributed by atoms with van der Waals surface area (Å²) in [5.74, 6) is 1.45. The van der Waals surface area contributed by atoms with E-state index >= 15 is 0 Å². The fourth-order valence-corrected chi connectivity index (χ4v) is 3.11. The summed E-state index contributed by atoms with van der Waals surface area (Å²) < 4.78 is 8.10. The van der Waals surface area contributed by atoms with Gasteiger partial charge in [-0.3, -0.25) is 4.79 Å². The number of nitrogens with one attached hydrogen (secondary N) is 1. The number of aromatic nitrogens is 2. The van der Waals surface area contributed by atoms with Crippen molar-refractivity contribution >= 4 is 5.91 Å². The highest BCUT2D eigenvalue weighted by molar-refractivity contribution is 5.76. The molecule has 0 fully saturated rings. The Balaban J connectivity index is 2.00. The van der Waals surface area contributed by atoms with Gasteiger partial charge in [0.25, 0.3) is 0 Å². The number of hydrogen-bond acceptors (Lipinski definition) is 3. The van der Waals surface area contributed by atoms with Crippen LogP contribution in [0.25, 0.3) is 5.69 Å². The maximum absolute atomic E-state index is 12.0. The van der Waals surface area contributed by atoms with E-state index in [0.717, 1.165) is 28.3 Å². The molecule has 0 aliphatic rings. The zero-order valence-corrected chi connectivity index (χ0v) is 17.0. The van der Waals surface area contributed by atoms with Gasteiger partial charge in [0.1, 0.15) is 5.75 Å². The molecule has 146 valence electrons. The van der Waals surface area contributed by atoms with Gasteiger partial charge >= 0.3 is 0 Å². The molecule has 0 saturated heterocycles. The van der Waals surface area contributed by atoms with E-state index in [-0.39, 0.29) is 5.91 Å². The first-order valence-corrected chi connectivity index (χ1v) is 9.64. The third-order valence-electron chi connectivity index (χ3n) is 4.60. The lowest BCUT2D eigenvalue weighted by Crippen LogP contribution is -2.22. The molecule has 2 aromatic carbocycles. The highest BCUT2D eigenvalue weighted by atomic mass is 16.5. The van der Waals surface area contributed by atoms with Crippen LogP contribution in [0.2, 0.25) is 0 Å². The van der Waals surface area contributed by atoms with Crippen LogP contribution in [0, 0.1) is 20.8 Å². The molecule has 1 heterocycles. The van der Waals surface area contributed by atoms with Gasteiger partial charge in [-0.15, -0.1) is 0 Å². The molecule has 5 heteroatoms. The summed E-state index contributed by atoms with van der Waals surface area (Å²) in [5, 5.41) is 7.57. The van der Waals surface area contributed by atoms with Crippen LogP contribution in [-0.4, -0.2) is 22.2 Å². The van der Waals surface area contributed by atoms with E-state index in [1.807, 2.05) is 61.9 Å². The maximum atomic E-state index is 12.0. The Morgan fingerprint density at radius 2 is 1.82 bits per heavy atom. The van der Waals surface area contributed by atoms with Gasteiger partial charge in [-0.05, 0) is 63.9 Å². The van der Waals surface area contributed by atoms with Crippen molar-refractivity contribution in [1.29, 1.82) is 0 Å². The monoisotopic (exact) mass is 377 g/mol. The van der Waals surface area contributed by atoms with Gasteiger partial charge < -0.3 is 10.1 Å². The summed E-state index contributed by atoms with van der Waals surface area (Å²) in [7, 11) is 0. The van der Waals surface area contributed by atoms with Gasteiger partial charge in [-0.2, -0.15) is 5.10 Å². The van der Waals surface area contributed by atoms with Crippen molar-refractivity contribution in [1.82, 2.24) is 15.1 Å². The molecule has 0 unspecified atom stereocenters. The molecule has 0 atom stereocenters. The smallest absolute Gasteiger partial charge is 0.226 e. The molecule has 1 N–H and O–H groups in total. The number of ether oxygens (including phenoxy) is 1. The van der Waals surface area contributed by atoms with Crippen LogP contribution in [0.1, 0.15) is 35.7 Å². The molecule has 0 saturated carbocycles. The summed E-state index contributed by atoms with van der Waals surface area (Å²) in [6.07, 6.45) is 0.975. The van der Waals surface area contributed by atoms with Crippen molar-refractivity contribution in [2.24, 2.45) is 0 Å². The van der Waals surface area contributed by atoms with Crippen LogP contribution in [0.15, 0.2) is 48.5 Å². The molecule has 1 amide bonds. The molecule has 3 aromatic rings. The van der Waals surface area contributed by atoms with Crippen LogP contribution >= 0.6 is 0 Å². The Labute approximate surface area is 166 Å². The number of amides is 1. The molecule has 0 aliphatic carbocycles. The standard InChI is InChI=1S/C23H27N3O2/c1-5-24-22(27)14-13-21-18(4)25-26(19-8-6-7-17(3)15-19)23(21)28-20-11-9-16(2)10-12-20/h6-12,15H,5,13-14H2,1-4H3,(H,24,27). The average molecular weight is 377 g/mol. The van der Waals surface area contributed by atoms with Crippen LogP contribution in [0.4, 0.5) is 0 Å². The first-order chi connectivity index (χ1) is 13.5. The van der Waals surface area contributed by atoms with Crippen LogP contribution in [0.3, 0.4) is 0 Å². The van der Waals surface area contributed by atoms with Gasteiger partial charge in [0, 0.05) is 18.5 Å². The van der Waals surface area contributed by atoms with Gasteiger partial charge in [0.05, 0.1) is 11.4 Å². The van der Waals surface area contributed by atoms with Gasteiger partial charge in [0.2, 0.25) is 11.8 Å². The van der Waals surface area contributed by atoms with Gasteiger partial charge in [-0.25, -0.2) is 4.68 Å². The Bertz CT molecular complexity index is 958. The van der Waals surface area contributed by atoms with Crippen molar-refractivity contribution in [2.75, 3.05) is 6.54 Å². The van der Waals surface area contributed by atoms with Crippen LogP contribution < -0.4 is 10.1 Å². The van der Waals surface area contributed by atoms with E-state index in [4.69, 9.17) is 9.84 Å². The van der Waals surface area contributed by atoms with E-state index in [9.17, 15) is 4.79 Å². The predicted octanol–water partition coefficient (Wildman–Crippen LogP) is 4.66. The van der Waals surface area contributed by atoms with Crippen LogP contribution in [-0.2, 0) is 11.2 Å².